The van der Waals surface area contributed by atoms with Crippen LogP contribution in [0, 0.1) is 0 Å². The molecule has 2 rings (SSSR count). The number of guanidine groups is 1. The molecule has 0 amide bonds. The Hall–Kier alpha value is -2.49. The van der Waals surface area contributed by atoms with Gasteiger partial charge in [-0.1, -0.05) is 48.5 Å². The van der Waals surface area contributed by atoms with E-state index < -0.39 is 0 Å². The van der Waals surface area contributed by atoms with E-state index in [0.717, 1.165) is 32.5 Å². The van der Waals surface area contributed by atoms with Gasteiger partial charge in [0.25, 0.3) is 0 Å². The second-order valence-electron chi connectivity index (χ2n) is 5.54. The summed E-state index contributed by atoms with van der Waals surface area (Å²) in [5, 5.41) is 3.17. The highest BCUT2D eigenvalue weighted by molar-refractivity contribution is 5.77. The Morgan fingerprint density at radius 3 is 2.39 bits per heavy atom. The lowest BCUT2D eigenvalue weighted by Crippen LogP contribution is -2.33. The molecule has 0 saturated carbocycles. The topological polar surface area (TPSA) is 53.6 Å². The third-order valence-corrected chi connectivity index (χ3v) is 3.69. The number of nitrogens with zero attached hydrogens (tertiary/aromatic N) is 2. The maximum Gasteiger partial charge on any atom is 0.188 e. The first-order valence-corrected chi connectivity index (χ1v) is 8.09. The number of nitrogens with one attached hydrogen (secondary N) is 1. The Morgan fingerprint density at radius 1 is 1.04 bits per heavy atom. The lowest BCUT2D eigenvalue weighted by Gasteiger charge is -2.18. The van der Waals surface area contributed by atoms with Crippen LogP contribution in [0.4, 0.5) is 5.69 Å². The quantitative estimate of drug-likeness (QED) is 0.448. The molecular weight excluding hydrogens is 284 g/mol. The number of rotatable bonds is 8. The molecule has 0 spiro atoms. The molecule has 122 valence electrons. The summed E-state index contributed by atoms with van der Waals surface area (Å²) in [7, 11) is 2.10. The zero-order chi connectivity index (χ0) is 16.3. The van der Waals surface area contributed by atoms with Gasteiger partial charge in [-0.3, -0.25) is 4.99 Å². The van der Waals surface area contributed by atoms with Crippen molar-refractivity contribution in [3.8, 4) is 0 Å². The van der Waals surface area contributed by atoms with Crippen LogP contribution < -0.4 is 16.0 Å². The summed E-state index contributed by atoms with van der Waals surface area (Å²) in [6.45, 7) is 2.51. The minimum Gasteiger partial charge on any atom is -0.375 e. The van der Waals surface area contributed by atoms with E-state index in [9.17, 15) is 0 Å². The largest absolute Gasteiger partial charge is 0.375 e. The second kappa shape index (κ2) is 9.51. The van der Waals surface area contributed by atoms with Crippen molar-refractivity contribution in [3.63, 3.8) is 0 Å². The van der Waals surface area contributed by atoms with E-state index in [-0.39, 0.29) is 0 Å². The molecule has 0 aliphatic rings. The fraction of sp³-hybridized carbons (Fsp3) is 0.316. The first-order chi connectivity index (χ1) is 11.3. The van der Waals surface area contributed by atoms with Gasteiger partial charge >= 0.3 is 0 Å². The molecule has 3 N–H and O–H groups in total. The maximum atomic E-state index is 5.89. The summed E-state index contributed by atoms with van der Waals surface area (Å²) >= 11 is 0. The molecule has 4 nitrogen and oxygen atoms in total. The first kappa shape index (κ1) is 16.9. The normalized spacial score (nSPS) is 11.3. The third-order valence-electron chi connectivity index (χ3n) is 3.69. The van der Waals surface area contributed by atoms with E-state index in [1.807, 2.05) is 12.1 Å². The highest BCUT2D eigenvalue weighted by Gasteiger charge is 1.99. The first-order valence-electron chi connectivity index (χ1n) is 8.09. The van der Waals surface area contributed by atoms with Gasteiger partial charge in [0.2, 0.25) is 0 Å². The van der Waals surface area contributed by atoms with Gasteiger partial charge in [0.1, 0.15) is 0 Å². The Kier molecular flexibility index (Phi) is 6.98. The Bertz CT molecular complexity index is 581. The van der Waals surface area contributed by atoms with Crippen molar-refractivity contribution in [2.45, 2.75) is 12.8 Å². The molecule has 23 heavy (non-hydrogen) atoms. The highest BCUT2D eigenvalue weighted by atomic mass is 15.1. The molecule has 2 aromatic carbocycles. The van der Waals surface area contributed by atoms with Crippen molar-refractivity contribution in [1.29, 1.82) is 0 Å². The van der Waals surface area contributed by atoms with Crippen LogP contribution in [0.1, 0.15) is 12.0 Å². The summed E-state index contributed by atoms with van der Waals surface area (Å²) in [5.74, 6) is 0.531. The van der Waals surface area contributed by atoms with Gasteiger partial charge in [0, 0.05) is 32.4 Å². The van der Waals surface area contributed by atoms with Crippen molar-refractivity contribution >= 4 is 11.6 Å². The number of benzene rings is 2. The summed E-state index contributed by atoms with van der Waals surface area (Å²) < 4.78 is 0. The van der Waals surface area contributed by atoms with E-state index in [2.05, 4.69) is 70.8 Å². The lowest BCUT2D eigenvalue weighted by atomic mass is 10.1. The van der Waals surface area contributed by atoms with Crippen molar-refractivity contribution in [1.82, 2.24) is 5.32 Å². The minimum absolute atomic E-state index is 0.531. The third kappa shape index (κ3) is 6.43. The number of aliphatic imine (C=N–C) groups is 1. The molecule has 2 aromatic rings. The zero-order valence-electron chi connectivity index (χ0n) is 13.8. The highest BCUT2D eigenvalue weighted by Crippen LogP contribution is 2.10. The van der Waals surface area contributed by atoms with Gasteiger partial charge in [-0.15, -0.1) is 0 Å². The molecule has 0 saturated heterocycles. The van der Waals surface area contributed by atoms with Crippen LogP contribution >= 0.6 is 0 Å². The van der Waals surface area contributed by atoms with Crippen LogP contribution in [-0.4, -0.2) is 32.6 Å². The Labute approximate surface area is 139 Å². The number of hydrogen-bond acceptors (Lipinski definition) is 2. The standard InChI is InChI=1S/C19H26N4/c1-23(18-11-6-3-7-12-18)16-8-14-21-19(20)22-15-13-17-9-4-2-5-10-17/h2-7,9-12H,8,13-16H2,1H3,(H3,20,21,22). The molecule has 0 aliphatic carbocycles. The average molecular weight is 310 g/mol. The number of hydrogen-bond donors (Lipinski definition) is 2. The average Bonchev–Trinajstić information content (AvgIpc) is 2.60. The van der Waals surface area contributed by atoms with E-state index in [0.29, 0.717) is 5.96 Å². The smallest absolute Gasteiger partial charge is 0.188 e. The molecule has 0 heterocycles. The van der Waals surface area contributed by atoms with Crippen LogP contribution in [0.3, 0.4) is 0 Å². The fourth-order valence-corrected chi connectivity index (χ4v) is 2.35. The lowest BCUT2D eigenvalue weighted by molar-refractivity contribution is 0.784. The van der Waals surface area contributed by atoms with Gasteiger partial charge in [-0.2, -0.15) is 0 Å². The maximum absolute atomic E-state index is 5.89. The van der Waals surface area contributed by atoms with Gasteiger partial charge < -0.3 is 16.0 Å². The summed E-state index contributed by atoms with van der Waals surface area (Å²) in [4.78, 5) is 6.61. The van der Waals surface area contributed by atoms with E-state index >= 15 is 0 Å². The molecular formula is C19H26N4. The van der Waals surface area contributed by atoms with Crippen LogP contribution in [0.5, 0.6) is 0 Å². The monoisotopic (exact) mass is 310 g/mol. The van der Waals surface area contributed by atoms with Gasteiger partial charge in [0.05, 0.1) is 0 Å². The van der Waals surface area contributed by atoms with Crippen LogP contribution in [0.15, 0.2) is 65.7 Å². The van der Waals surface area contributed by atoms with Crippen molar-refractivity contribution < 1.29 is 0 Å². The fourth-order valence-electron chi connectivity index (χ4n) is 2.35. The Morgan fingerprint density at radius 2 is 1.70 bits per heavy atom. The second-order valence-corrected chi connectivity index (χ2v) is 5.54. The number of anilines is 1. The van der Waals surface area contributed by atoms with Gasteiger partial charge in [-0.05, 0) is 30.5 Å². The summed E-state index contributed by atoms with van der Waals surface area (Å²) in [6, 6.07) is 20.7. The number of nitrogens with two attached hydrogens (primary N) is 1. The van der Waals surface area contributed by atoms with E-state index in [1.165, 1.54) is 11.3 Å². The predicted molar refractivity (Wildman–Crippen MR) is 99.0 cm³/mol. The summed E-state index contributed by atoms with van der Waals surface area (Å²) in [5.41, 5.74) is 8.42. The number of para-hydroxylation sites is 1. The van der Waals surface area contributed by atoms with E-state index in [4.69, 9.17) is 5.73 Å². The molecule has 0 atom stereocenters. The Balaban J connectivity index is 1.61. The molecule has 0 bridgehead atoms. The van der Waals surface area contributed by atoms with Crippen molar-refractivity contribution in [2.24, 2.45) is 10.7 Å². The van der Waals surface area contributed by atoms with Crippen LogP contribution in [-0.2, 0) is 6.42 Å². The molecule has 0 aliphatic heterocycles. The molecule has 0 radical (unpaired) electrons. The molecule has 0 aromatic heterocycles. The predicted octanol–water partition coefficient (Wildman–Crippen LogP) is 2.66. The van der Waals surface area contributed by atoms with Gasteiger partial charge in [0.15, 0.2) is 5.96 Å². The van der Waals surface area contributed by atoms with Crippen molar-refractivity contribution in [2.75, 3.05) is 31.6 Å². The summed E-state index contributed by atoms with van der Waals surface area (Å²) in [6.07, 6.45) is 1.93. The van der Waals surface area contributed by atoms with Gasteiger partial charge in [-0.25, -0.2) is 0 Å². The minimum atomic E-state index is 0.531. The molecule has 0 fully saturated rings. The SMILES string of the molecule is CN(CCCN=C(N)NCCc1ccccc1)c1ccccc1. The molecule has 0 unspecified atom stereocenters. The van der Waals surface area contributed by atoms with Crippen molar-refractivity contribution in [3.05, 3.63) is 66.2 Å². The van der Waals surface area contributed by atoms with Crippen LogP contribution in [0.2, 0.25) is 0 Å². The molecule has 4 heteroatoms. The van der Waals surface area contributed by atoms with Crippen LogP contribution in [0.25, 0.3) is 0 Å². The zero-order valence-corrected chi connectivity index (χ0v) is 13.8. The van der Waals surface area contributed by atoms with E-state index in [1.54, 1.807) is 0 Å².